The van der Waals surface area contributed by atoms with Gasteiger partial charge >= 0.3 is 5.97 Å². The minimum absolute atomic E-state index is 0.0485. The summed E-state index contributed by atoms with van der Waals surface area (Å²) in [7, 11) is 0. The fourth-order valence-corrected chi connectivity index (χ4v) is 1.55. The molecule has 0 radical (unpaired) electrons. The molecule has 6 heteroatoms. The first-order valence-corrected chi connectivity index (χ1v) is 5.88. The number of hydrogen-bond acceptors (Lipinski definition) is 5. The molecule has 18 heavy (non-hydrogen) atoms. The average Bonchev–Trinajstić information content (AvgIpc) is 2.86. The number of aliphatic carboxylic acids is 1. The van der Waals surface area contributed by atoms with E-state index in [9.17, 15) is 9.59 Å². The molecule has 100 valence electrons. The SMILES string of the molecule is NCCCC[C@H](NCC(=O)c1ccco1)C(=O)O. The molecule has 0 unspecified atom stereocenters. The van der Waals surface area contributed by atoms with Crippen molar-refractivity contribution in [3.63, 3.8) is 0 Å². The molecule has 1 aromatic rings. The maximum atomic E-state index is 11.6. The second kappa shape index (κ2) is 7.62. The second-order valence-corrected chi connectivity index (χ2v) is 3.96. The van der Waals surface area contributed by atoms with Crippen LogP contribution in [0.2, 0.25) is 0 Å². The Labute approximate surface area is 105 Å². The number of Topliss-reactive ketones (excluding diaryl/α,β-unsaturated/α-hetero) is 1. The summed E-state index contributed by atoms with van der Waals surface area (Å²) in [6, 6.07) is 2.44. The number of carbonyl (C=O) groups is 2. The normalized spacial score (nSPS) is 12.3. The maximum Gasteiger partial charge on any atom is 0.320 e. The van der Waals surface area contributed by atoms with E-state index in [0.29, 0.717) is 13.0 Å². The van der Waals surface area contributed by atoms with Gasteiger partial charge < -0.3 is 15.3 Å². The topological polar surface area (TPSA) is 106 Å². The van der Waals surface area contributed by atoms with Crippen LogP contribution < -0.4 is 11.1 Å². The monoisotopic (exact) mass is 254 g/mol. The van der Waals surface area contributed by atoms with Gasteiger partial charge in [-0.3, -0.25) is 14.9 Å². The second-order valence-electron chi connectivity index (χ2n) is 3.96. The van der Waals surface area contributed by atoms with Gasteiger partial charge in [0, 0.05) is 0 Å². The molecule has 0 spiro atoms. The van der Waals surface area contributed by atoms with Crippen molar-refractivity contribution in [2.75, 3.05) is 13.1 Å². The molecule has 1 atom stereocenters. The van der Waals surface area contributed by atoms with Crippen molar-refractivity contribution in [3.05, 3.63) is 24.2 Å². The molecule has 0 saturated heterocycles. The van der Waals surface area contributed by atoms with E-state index in [4.69, 9.17) is 15.3 Å². The van der Waals surface area contributed by atoms with Crippen LogP contribution in [0.4, 0.5) is 0 Å². The van der Waals surface area contributed by atoms with Crippen molar-refractivity contribution in [2.24, 2.45) is 5.73 Å². The van der Waals surface area contributed by atoms with Crippen molar-refractivity contribution in [1.29, 1.82) is 0 Å². The highest BCUT2D eigenvalue weighted by atomic mass is 16.4. The van der Waals surface area contributed by atoms with Crippen LogP contribution in [-0.4, -0.2) is 36.0 Å². The summed E-state index contributed by atoms with van der Waals surface area (Å²) in [5, 5.41) is 11.7. The van der Waals surface area contributed by atoms with E-state index in [2.05, 4.69) is 5.32 Å². The first-order valence-electron chi connectivity index (χ1n) is 5.88. The fraction of sp³-hybridized carbons (Fsp3) is 0.500. The molecule has 1 aromatic heterocycles. The minimum Gasteiger partial charge on any atom is -0.480 e. The van der Waals surface area contributed by atoms with Gasteiger partial charge in [-0.05, 0) is 31.5 Å². The quantitative estimate of drug-likeness (QED) is 0.441. The number of hydrogen-bond donors (Lipinski definition) is 3. The highest BCUT2D eigenvalue weighted by Gasteiger charge is 2.18. The van der Waals surface area contributed by atoms with Crippen LogP contribution in [0.1, 0.15) is 29.8 Å². The Morgan fingerprint density at radius 1 is 1.44 bits per heavy atom. The zero-order valence-electron chi connectivity index (χ0n) is 10.1. The molecule has 0 aromatic carbocycles. The van der Waals surface area contributed by atoms with E-state index in [1.165, 1.54) is 6.26 Å². The first-order chi connectivity index (χ1) is 8.65. The molecule has 0 aliphatic rings. The van der Waals surface area contributed by atoms with Crippen LogP contribution in [0.25, 0.3) is 0 Å². The number of carboxylic acids is 1. The third-order valence-electron chi connectivity index (χ3n) is 2.55. The number of carboxylic acid groups (broad SMARTS) is 1. The van der Waals surface area contributed by atoms with Crippen LogP contribution >= 0.6 is 0 Å². The lowest BCUT2D eigenvalue weighted by Gasteiger charge is -2.13. The van der Waals surface area contributed by atoms with Crippen LogP contribution in [-0.2, 0) is 4.79 Å². The number of nitrogens with one attached hydrogen (secondary N) is 1. The average molecular weight is 254 g/mol. The minimum atomic E-state index is -0.959. The third-order valence-corrected chi connectivity index (χ3v) is 2.55. The number of furan rings is 1. The summed E-state index contributed by atoms with van der Waals surface area (Å²) in [5.41, 5.74) is 5.34. The molecule has 4 N–H and O–H groups in total. The van der Waals surface area contributed by atoms with Gasteiger partial charge in [0.05, 0.1) is 12.8 Å². The molecule has 1 rings (SSSR count). The summed E-state index contributed by atoms with van der Waals surface area (Å²) in [6.07, 6.45) is 3.36. The Balaban J connectivity index is 2.37. The van der Waals surface area contributed by atoms with Gasteiger partial charge in [-0.1, -0.05) is 6.42 Å². The zero-order chi connectivity index (χ0) is 13.4. The van der Waals surface area contributed by atoms with Gasteiger partial charge in [0.1, 0.15) is 6.04 Å². The Morgan fingerprint density at radius 3 is 2.78 bits per heavy atom. The summed E-state index contributed by atoms with van der Waals surface area (Å²) in [5.74, 6) is -0.988. The largest absolute Gasteiger partial charge is 0.480 e. The summed E-state index contributed by atoms with van der Waals surface area (Å²) < 4.78 is 4.93. The van der Waals surface area contributed by atoms with Crippen LogP contribution in [0, 0.1) is 0 Å². The van der Waals surface area contributed by atoms with Gasteiger partial charge in [-0.15, -0.1) is 0 Å². The van der Waals surface area contributed by atoms with Gasteiger partial charge in [0.25, 0.3) is 0 Å². The predicted octanol–water partition coefficient (Wildman–Crippen LogP) is 0.634. The lowest BCUT2D eigenvalue weighted by molar-refractivity contribution is -0.139. The van der Waals surface area contributed by atoms with Crippen molar-refractivity contribution < 1.29 is 19.1 Å². The van der Waals surface area contributed by atoms with Gasteiger partial charge in [-0.2, -0.15) is 0 Å². The van der Waals surface area contributed by atoms with E-state index >= 15 is 0 Å². The van der Waals surface area contributed by atoms with E-state index in [1.54, 1.807) is 12.1 Å². The highest BCUT2D eigenvalue weighted by molar-refractivity contribution is 5.95. The van der Waals surface area contributed by atoms with E-state index in [0.717, 1.165) is 12.8 Å². The zero-order valence-corrected chi connectivity index (χ0v) is 10.1. The van der Waals surface area contributed by atoms with E-state index < -0.39 is 12.0 Å². The Hall–Kier alpha value is -1.66. The number of carbonyl (C=O) groups excluding carboxylic acids is 1. The standard InChI is InChI=1S/C12H18N2O4/c13-6-2-1-4-9(12(16)17)14-8-10(15)11-5-3-7-18-11/h3,5,7,9,14H,1-2,4,6,8,13H2,(H,16,17)/t9-/m0/s1. The number of ketones is 1. The van der Waals surface area contributed by atoms with Gasteiger partial charge in [0.2, 0.25) is 5.78 Å². The van der Waals surface area contributed by atoms with Crippen molar-refractivity contribution in [3.8, 4) is 0 Å². The van der Waals surface area contributed by atoms with Crippen molar-refractivity contribution in [2.45, 2.75) is 25.3 Å². The molecule has 0 bridgehead atoms. The van der Waals surface area contributed by atoms with Crippen LogP contribution in [0.5, 0.6) is 0 Å². The van der Waals surface area contributed by atoms with Gasteiger partial charge in [-0.25, -0.2) is 0 Å². The Bertz CT molecular complexity index is 375. The molecule has 0 saturated carbocycles. The maximum absolute atomic E-state index is 11.6. The van der Waals surface area contributed by atoms with E-state index in [-0.39, 0.29) is 18.1 Å². The molecule has 6 nitrogen and oxygen atoms in total. The van der Waals surface area contributed by atoms with Gasteiger partial charge in [0.15, 0.2) is 5.76 Å². The van der Waals surface area contributed by atoms with Crippen LogP contribution in [0.3, 0.4) is 0 Å². The van der Waals surface area contributed by atoms with Crippen molar-refractivity contribution in [1.82, 2.24) is 5.32 Å². The molecular formula is C12H18N2O4. The van der Waals surface area contributed by atoms with E-state index in [1.807, 2.05) is 0 Å². The molecule has 0 fully saturated rings. The Kier molecular flexibility index (Phi) is 6.10. The van der Waals surface area contributed by atoms with Crippen molar-refractivity contribution >= 4 is 11.8 Å². The number of rotatable bonds is 9. The molecule has 0 aliphatic carbocycles. The highest BCUT2D eigenvalue weighted by Crippen LogP contribution is 2.03. The lowest BCUT2D eigenvalue weighted by atomic mass is 10.1. The number of unbranched alkanes of at least 4 members (excludes halogenated alkanes) is 1. The molecular weight excluding hydrogens is 236 g/mol. The smallest absolute Gasteiger partial charge is 0.320 e. The lowest BCUT2D eigenvalue weighted by Crippen LogP contribution is -2.39. The summed E-state index contributed by atoms with van der Waals surface area (Å²) in [4.78, 5) is 22.6. The predicted molar refractivity (Wildman–Crippen MR) is 65.4 cm³/mol. The molecule has 1 heterocycles. The van der Waals surface area contributed by atoms with Crippen LogP contribution in [0.15, 0.2) is 22.8 Å². The number of nitrogens with two attached hydrogens (primary N) is 1. The third kappa shape index (κ3) is 4.68. The molecule has 0 amide bonds. The summed E-state index contributed by atoms with van der Waals surface area (Å²) >= 11 is 0. The fourth-order valence-electron chi connectivity index (χ4n) is 1.55. The Morgan fingerprint density at radius 2 is 2.22 bits per heavy atom. The molecule has 0 aliphatic heterocycles. The summed E-state index contributed by atoms with van der Waals surface area (Å²) in [6.45, 7) is 0.491. The first kappa shape index (κ1) is 14.4.